The molecule has 0 aliphatic heterocycles. The number of hydrogen-bond acceptors (Lipinski definition) is 37. The predicted octanol–water partition coefficient (Wildman–Crippen LogP) is 7.99. The summed E-state index contributed by atoms with van der Waals surface area (Å²) in [5.41, 5.74) is 23.3. The zero-order chi connectivity index (χ0) is 101. The fraction of sp³-hybridized carbons (Fsp3) is 0.489. The molecule has 10 aromatic heterocycles. The Labute approximate surface area is 835 Å². The van der Waals surface area contributed by atoms with Crippen LogP contribution in [0.2, 0.25) is 0 Å². The molecule has 23 rings (SSSR count). The number of carbonyl (C=O) groups excluding carboxylic acids is 5. The number of azide groups is 2. The monoisotopic (exact) mass is 2160 g/mol. The van der Waals surface area contributed by atoms with E-state index in [0.717, 1.165) is 29.5 Å². The van der Waals surface area contributed by atoms with Gasteiger partial charge in [0.05, 0.1) is 119 Å². The molecule has 0 bridgehead atoms. The average molecular weight is 2160 g/mol. The Morgan fingerprint density at radius 2 is 0.655 bits per heavy atom. The van der Waals surface area contributed by atoms with E-state index in [9.17, 15) is 75.0 Å². The minimum atomic E-state index is -1.15. The van der Waals surface area contributed by atoms with E-state index in [1.807, 2.05) is 116 Å². The van der Waals surface area contributed by atoms with Crippen molar-refractivity contribution in [3.8, 4) is 0 Å². The minimum Gasteiger partial charge on any atom is -0.389 e. The number of nitrogens with one attached hydrogen (secondary N) is 5. The number of nitrogens with zero attached hydrogens (tertiary/aromatic N) is 26. The van der Waals surface area contributed by atoms with Crippen molar-refractivity contribution in [3.63, 3.8) is 0 Å². The standard InChI is InChI=1S/C21H22IN5O3.2C21H22N8O3.C16H21N5O3.C15H18IN5O3/c1-11(28)21-9-13(21)15(16(29)17(21)30)27-10-24-14-18(25-20(22)26-19(14)27)23-8-7-12-5-3-2-4-6-12;1-10-4-3-5-12(6-10)8-23-18-14-19(26-20(25-18)27-28-22)29(9-24-14)15-13-7-21(13,11(2)30)17(32)16(15)31;1-11(30)21-9-13(21)15(16(31)17(21)32)29-10-24-14-18(25-20(27-28-22)26-19(14)29)23-8-7-12-5-3-2-4-6-12;1-4-17-14-10-15(20-8(3)19-14)21(6-18-10)11-9-5-16(9,7(2)22)13(24)12(11)23;1-3-17-12-8-13(20-14(16)19-12)21(5-18-8)9-7-4-15(7,6(2)22)11(24)10(9)23/h2-6,10,13,15-17,29-30H,7-9H2,1H3,(H,23,25,26);3-6,9,13,15-17,31-32H,7-8H2,1-2H3,(H,23,25,26);2-6,10,13,15-17,31-32H,7-9H2,1H3,(H,23,25,26);6,9,11-13,23-24H,4-5H2,1-3H3,(H,17,19,20);5,7,9-11,23-24H,3-4H2,1-2H3,(H,17,19,20)/t3*13?,15-,16+,17?,21+;9?,11-,12+,13?,16+;7?,9-,10+,11?,15+/m11111/s1. The molecule has 142 heavy (non-hydrogen) atoms. The Kier molecular flexibility index (Phi) is 26.3. The number of imidazole rings is 5. The summed E-state index contributed by atoms with van der Waals surface area (Å²) < 4.78 is 9.83. The van der Waals surface area contributed by atoms with Gasteiger partial charge in [-0.2, -0.15) is 0 Å². The third-order valence-corrected chi connectivity index (χ3v) is 31.9. The molecule has 0 saturated heterocycles. The lowest BCUT2D eigenvalue weighted by atomic mass is 9.95. The third kappa shape index (κ3) is 16.4. The number of hydrogen-bond donors (Lipinski definition) is 15. The molecule has 10 saturated carbocycles. The highest BCUT2D eigenvalue weighted by atomic mass is 127. The highest BCUT2D eigenvalue weighted by molar-refractivity contribution is 14.1. The number of ketones is 5. The fourth-order valence-corrected chi connectivity index (χ4v) is 24.6. The van der Waals surface area contributed by atoms with Crippen molar-refractivity contribution < 1.29 is 75.0 Å². The topological polar surface area (TPSA) is 663 Å². The predicted molar refractivity (Wildman–Crippen MR) is 530 cm³/mol. The van der Waals surface area contributed by atoms with Gasteiger partial charge in [0.1, 0.15) is 81.8 Å². The van der Waals surface area contributed by atoms with Gasteiger partial charge in [0.2, 0.25) is 11.9 Å². The highest BCUT2D eigenvalue weighted by Crippen LogP contribution is 2.73. The summed E-state index contributed by atoms with van der Waals surface area (Å²) in [6.45, 7) is 18.3. The van der Waals surface area contributed by atoms with Gasteiger partial charge in [-0.3, -0.25) is 24.0 Å². The van der Waals surface area contributed by atoms with E-state index in [2.05, 4.69) is 156 Å². The maximum atomic E-state index is 12.2. The molecular weight excluding hydrogens is 2060 g/mol. The molecule has 10 aliphatic rings. The van der Waals surface area contributed by atoms with E-state index < -0.39 is 118 Å². The van der Waals surface area contributed by atoms with E-state index in [0.29, 0.717) is 163 Å². The second kappa shape index (κ2) is 38.0. The van der Waals surface area contributed by atoms with Crippen molar-refractivity contribution in [1.82, 2.24) is 97.6 Å². The van der Waals surface area contributed by atoms with Crippen molar-refractivity contribution in [1.29, 1.82) is 0 Å². The third-order valence-electron chi connectivity index (χ3n) is 31.0. The Bertz CT molecular complexity index is 7130. The molecule has 10 unspecified atom stereocenters. The van der Waals surface area contributed by atoms with Crippen LogP contribution in [0.3, 0.4) is 0 Å². The Morgan fingerprint density at radius 1 is 0.373 bits per heavy atom. The zero-order valence-corrected chi connectivity index (χ0v) is 82.7. The van der Waals surface area contributed by atoms with Crippen molar-refractivity contribution in [2.45, 2.75) is 205 Å². The molecule has 3 aromatic carbocycles. The van der Waals surface area contributed by atoms with E-state index in [4.69, 9.17) is 11.1 Å². The molecule has 0 spiro atoms. The number of benzene rings is 3. The molecular formula is C94H105I2N31O15. The van der Waals surface area contributed by atoms with Gasteiger partial charge in [-0.25, -0.2) is 74.8 Å². The molecule has 15 N–H and O–H groups in total. The smallest absolute Gasteiger partial charge is 0.220 e. The second-order valence-corrected chi connectivity index (χ2v) is 40.4. The number of aromatic nitrogens is 20. The molecule has 10 fully saturated rings. The molecule has 13 aromatic rings. The Balaban J connectivity index is 0.000000113. The zero-order valence-electron chi connectivity index (χ0n) is 78.4. The van der Waals surface area contributed by atoms with Crippen LogP contribution < -0.4 is 26.6 Å². The van der Waals surface area contributed by atoms with Crippen LogP contribution in [-0.2, 0) is 43.4 Å². The first-order valence-electron chi connectivity index (χ1n) is 46.9. The molecule has 10 heterocycles. The van der Waals surface area contributed by atoms with E-state index >= 15 is 0 Å². The fourth-order valence-electron chi connectivity index (χ4n) is 23.6. The Morgan fingerprint density at radius 3 is 0.951 bits per heavy atom. The molecule has 48 heteroatoms. The average Bonchev–Trinajstić information content (AvgIpc) is 1.53. The Hall–Kier alpha value is -12.6. The maximum Gasteiger partial charge on any atom is 0.220 e. The highest BCUT2D eigenvalue weighted by Gasteiger charge is 2.78. The van der Waals surface area contributed by atoms with Gasteiger partial charge >= 0.3 is 0 Å². The maximum absolute atomic E-state index is 12.2. The quantitative estimate of drug-likeness (QED) is 0.00762. The van der Waals surface area contributed by atoms with Crippen molar-refractivity contribution in [2.24, 2.45) is 66.9 Å². The normalized spacial score (nSPS) is 30.6. The lowest BCUT2D eigenvalue weighted by Crippen LogP contribution is -2.36. The second-order valence-electron chi connectivity index (χ2n) is 38.4. The van der Waals surface area contributed by atoms with E-state index in [1.165, 1.54) is 52.8 Å². The molecule has 0 radical (unpaired) electrons. The van der Waals surface area contributed by atoms with Crippen molar-refractivity contribution >= 4 is 171 Å². The van der Waals surface area contributed by atoms with Crippen LogP contribution in [0.1, 0.15) is 139 Å². The lowest BCUT2D eigenvalue weighted by molar-refractivity contribution is -0.128. The summed E-state index contributed by atoms with van der Waals surface area (Å²) in [5.74, 6) is 1.98. The number of carbonyl (C=O) groups is 5. The summed E-state index contributed by atoms with van der Waals surface area (Å²) in [6, 6.07) is 25.8. The largest absolute Gasteiger partial charge is 0.389 e. The van der Waals surface area contributed by atoms with Gasteiger partial charge in [-0.05, 0) is 175 Å². The number of aliphatic hydroxyl groups is 10. The van der Waals surface area contributed by atoms with Gasteiger partial charge in [0.15, 0.2) is 76.0 Å². The lowest BCUT2D eigenvalue weighted by Gasteiger charge is -2.23. The van der Waals surface area contributed by atoms with Crippen LogP contribution in [0.5, 0.6) is 0 Å². The van der Waals surface area contributed by atoms with Gasteiger partial charge in [0.25, 0.3) is 0 Å². The van der Waals surface area contributed by atoms with E-state index in [1.54, 1.807) is 48.7 Å². The number of halogens is 2. The molecule has 0 amide bonds. The number of fused-ring (bicyclic) bond motifs is 10. The van der Waals surface area contributed by atoms with Crippen LogP contribution >= 0.6 is 45.2 Å². The summed E-state index contributed by atoms with van der Waals surface area (Å²) in [6.07, 6.45) is 1.49. The first kappa shape index (κ1) is 98.2. The number of Topliss-reactive ketones (excluding diaryl/α,β-unsaturated/α-hetero) is 5. The summed E-state index contributed by atoms with van der Waals surface area (Å²) >= 11 is 4.10. The number of aryl methyl sites for hydroxylation is 2. The molecule has 25 atom stereocenters. The van der Waals surface area contributed by atoms with Gasteiger partial charge in [-0.15, -0.1) is 0 Å². The van der Waals surface area contributed by atoms with Crippen LogP contribution in [-0.4, -0.2) is 265 Å². The SMILES string of the molecule is CC(=O)[C@@]12CC1[C@@H](n1cnc3c(NCCc4ccccc4)nc(I)nc31)[C@H](O)C2O.CC(=O)[C@@]12CC1[C@@H](n1cnc3c(NCCc4ccccc4)nc(N=[N+]=[N-])nc31)[C@H](O)C2O.CC(=O)[C@@]12CC1[C@@H](n1cnc3c(NCc4cccc(C)c4)nc(N=[N+]=[N-])nc31)[C@H](O)C2O.CCNc1nc(C)nc2c1ncn2[C@@H]1C2C[C@@]2(C(C)=O)C(O)[C@H]1O.CCNc1nc(I)nc2c1ncn2[C@@H]1C2C[C@@]2(C(C)=O)C(O)[C@H]1O. The molecule has 10 aliphatic carbocycles. The molecule has 740 valence electrons. The number of rotatable bonds is 27. The van der Waals surface area contributed by atoms with E-state index in [-0.39, 0.29) is 70.4 Å². The summed E-state index contributed by atoms with van der Waals surface area (Å²) in [4.78, 5) is 132. The summed E-state index contributed by atoms with van der Waals surface area (Å²) in [7, 11) is 0. The first-order valence-corrected chi connectivity index (χ1v) is 49.0. The van der Waals surface area contributed by atoms with Crippen LogP contribution in [0.25, 0.3) is 76.7 Å². The summed E-state index contributed by atoms with van der Waals surface area (Å²) in [5, 5.41) is 129. The van der Waals surface area contributed by atoms with Gasteiger partial charge in [-0.1, -0.05) is 90.5 Å². The van der Waals surface area contributed by atoms with Gasteiger partial charge < -0.3 is 100 Å². The number of anilines is 5. The number of aliphatic hydroxyl groups excluding tert-OH is 10. The minimum absolute atomic E-state index is 0.0647. The first-order chi connectivity index (χ1) is 68.1. The van der Waals surface area contributed by atoms with Gasteiger partial charge in [0, 0.05) is 87.7 Å². The van der Waals surface area contributed by atoms with Crippen molar-refractivity contribution in [2.75, 3.05) is 52.8 Å². The molecule has 46 nitrogen and oxygen atoms in total. The van der Waals surface area contributed by atoms with Crippen LogP contribution in [0.15, 0.2) is 127 Å². The van der Waals surface area contributed by atoms with Crippen molar-refractivity contribution in [3.05, 3.63) is 173 Å². The van der Waals surface area contributed by atoms with Crippen LogP contribution in [0, 0.1) is 78.2 Å². The van der Waals surface area contributed by atoms with Crippen LogP contribution in [0.4, 0.5) is 41.0 Å².